The van der Waals surface area contributed by atoms with Gasteiger partial charge in [0.2, 0.25) is 11.8 Å². The Labute approximate surface area is 200 Å². The van der Waals surface area contributed by atoms with E-state index in [0.717, 1.165) is 30.3 Å². The maximum atomic E-state index is 13.3. The summed E-state index contributed by atoms with van der Waals surface area (Å²) in [4.78, 5) is 27.2. The molecule has 1 aromatic rings. The number of likely N-dealkylation sites (tertiary alicyclic amines) is 1. The fraction of sp³-hybridized carbons (Fsp3) is 0.636. The second kappa shape index (κ2) is 9.61. The Morgan fingerprint density at radius 3 is 2.74 bits per heavy atom. The fourth-order valence-electron chi connectivity index (χ4n) is 4.89. The molecular weight excluding hydrogens is 467 g/mol. The number of alkyl halides is 3. The predicted octanol–water partition coefficient (Wildman–Crippen LogP) is 1.23. The Morgan fingerprint density at radius 1 is 1.17 bits per heavy atom. The third kappa shape index (κ3) is 5.06. The summed E-state index contributed by atoms with van der Waals surface area (Å²) >= 11 is 0. The highest BCUT2D eigenvalue weighted by Crippen LogP contribution is 2.32. The first-order chi connectivity index (χ1) is 16.8. The lowest BCUT2D eigenvalue weighted by atomic mass is 9.99. The molecule has 1 aromatic heterocycles. The van der Waals surface area contributed by atoms with Gasteiger partial charge in [0, 0.05) is 51.3 Å². The van der Waals surface area contributed by atoms with Gasteiger partial charge in [-0.05, 0) is 12.8 Å². The molecule has 10 nitrogen and oxygen atoms in total. The number of hydrazine groups is 1. The summed E-state index contributed by atoms with van der Waals surface area (Å²) in [5.74, 6) is 0.0379. The average molecular weight is 496 g/mol. The van der Waals surface area contributed by atoms with Crippen LogP contribution in [0.15, 0.2) is 23.1 Å². The molecule has 5 rings (SSSR count). The van der Waals surface area contributed by atoms with Crippen molar-refractivity contribution < 1.29 is 27.4 Å². The second-order valence-electron chi connectivity index (χ2n) is 9.11. The molecule has 4 aliphatic heterocycles. The van der Waals surface area contributed by atoms with E-state index in [1.165, 1.54) is 11.3 Å². The van der Waals surface area contributed by atoms with E-state index in [-0.39, 0.29) is 31.1 Å². The Morgan fingerprint density at radius 2 is 1.97 bits per heavy atom. The van der Waals surface area contributed by atoms with Crippen molar-refractivity contribution in [3.63, 3.8) is 0 Å². The van der Waals surface area contributed by atoms with E-state index >= 15 is 0 Å². The van der Waals surface area contributed by atoms with Crippen LogP contribution in [-0.4, -0.2) is 88.4 Å². The van der Waals surface area contributed by atoms with Crippen LogP contribution in [0.25, 0.3) is 0 Å². The molecule has 0 radical (unpaired) electrons. The number of hydrogen-bond acceptors (Lipinski definition) is 9. The van der Waals surface area contributed by atoms with E-state index in [1.54, 1.807) is 5.01 Å². The zero-order valence-electron chi connectivity index (χ0n) is 19.2. The highest BCUT2D eigenvalue weighted by atomic mass is 19.4. The second-order valence-corrected chi connectivity index (χ2v) is 9.11. The number of amidine groups is 1. The summed E-state index contributed by atoms with van der Waals surface area (Å²) in [5, 5.41) is 3.18. The average Bonchev–Trinajstić information content (AvgIpc) is 3.32. The number of carbonyl (C=O) groups is 1. The summed E-state index contributed by atoms with van der Waals surface area (Å²) < 4.78 is 51.5. The summed E-state index contributed by atoms with van der Waals surface area (Å²) in [6.45, 7) is 3.08. The topological polar surface area (TPSA) is 109 Å². The van der Waals surface area contributed by atoms with Gasteiger partial charge in [0.05, 0.1) is 24.3 Å². The largest absolute Gasteiger partial charge is 0.472 e. The molecule has 1 atom stereocenters. The molecule has 2 N–H and O–H groups in total. The van der Waals surface area contributed by atoms with E-state index in [0.29, 0.717) is 51.6 Å². The highest BCUT2D eigenvalue weighted by molar-refractivity contribution is 5.98. The van der Waals surface area contributed by atoms with Gasteiger partial charge >= 0.3 is 6.18 Å². The maximum absolute atomic E-state index is 13.3. The van der Waals surface area contributed by atoms with Gasteiger partial charge in [-0.3, -0.25) is 9.80 Å². The van der Waals surface area contributed by atoms with Crippen molar-refractivity contribution in [2.75, 3.05) is 39.5 Å². The fourth-order valence-corrected chi connectivity index (χ4v) is 4.89. The van der Waals surface area contributed by atoms with Crippen LogP contribution in [0.2, 0.25) is 0 Å². The van der Waals surface area contributed by atoms with Gasteiger partial charge in [-0.15, -0.1) is 0 Å². The number of nitrogens with two attached hydrogens (primary N) is 1. The van der Waals surface area contributed by atoms with Crippen molar-refractivity contribution >= 4 is 11.7 Å². The molecule has 35 heavy (non-hydrogen) atoms. The standard InChI is InChI=1S/C22H28F3N7O3/c23-22(24,25)17-11-32(13-29-19(17)26)31-6-2-18-16(10-31)20(28-12-27-18)35-15-1-5-30(9-15)21(33)14-3-7-34-8-4-14/h11-12,14-15H,1-10,13H2,(H2,26,29). The number of carbonyl (C=O) groups excluding carboxylic acids is 1. The molecule has 4 aliphatic rings. The SMILES string of the molecule is NC1=NCN(N2CCc3ncnc(OC4CCN(C(=O)C5CCOCC5)C4)c3C2)C=C1C(F)(F)F. The Hall–Kier alpha value is -2.93. The number of aliphatic imine (C=N–C) groups is 1. The van der Waals surface area contributed by atoms with Gasteiger partial charge in [0.15, 0.2) is 0 Å². The molecule has 2 saturated heterocycles. The Balaban J connectivity index is 1.26. The van der Waals surface area contributed by atoms with E-state index in [9.17, 15) is 18.0 Å². The smallest absolute Gasteiger partial charge is 0.421 e. The van der Waals surface area contributed by atoms with E-state index in [1.807, 2.05) is 4.90 Å². The van der Waals surface area contributed by atoms with Crippen LogP contribution in [0.1, 0.15) is 30.5 Å². The number of aromatic nitrogens is 2. The summed E-state index contributed by atoms with van der Waals surface area (Å²) in [7, 11) is 0. The Kier molecular flexibility index (Phi) is 6.53. The zero-order chi connectivity index (χ0) is 24.6. The Bertz CT molecular complexity index is 1030. The third-order valence-electron chi connectivity index (χ3n) is 6.86. The minimum atomic E-state index is -4.59. The quantitative estimate of drug-likeness (QED) is 0.665. The van der Waals surface area contributed by atoms with Gasteiger partial charge in [-0.25, -0.2) is 20.0 Å². The van der Waals surface area contributed by atoms with Gasteiger partial charge in [-0.1, -0.05) is 0 Å². The van der Waals surface area contributed by atoms with Gasteiger partial charge in [-0.2, -0.15) is 13.2 Å². The third-order valence-corrected chi connectivity index (χ3v) is 6.86. The van der Waals surface area contributed by atoms with Crippen molar-refractivity contribution in [3.05, 3.63) is 29.4 Å². The molecule has 0 saturated carbocycles. The number of nitrogens with zero attached hydrogens (tertiary/aromatic N) is 6. The van der Waals surface area contributed by atoms with Crippen LogP contribution in [0.4, 0.5) is 13.2 Å². The van der Waals surface area contributed by atoms with E-state index in [2.05, 4.69) is 15.0 Å². The lowest BCUT2D eigenvalue weighted by Gasteiger charge is -2.38. The molecule has 0 spiro atoms. The van der Waals surface area contributed by atoms with E-state index < -0.39 is 17.6 Å². The van der Waals surface area contributed by atoms with Crippen molar-refractivity contribution in [3.8, 4) is 5.88 Å². The molecule has 0 aromatic carbocycles. The number of amides is 1. The minimum absolute atomic E-state index is 0.00116. The summed E-state index contributed by atoms with van der Waals surface area (Å²) in [5.41, 5.74) is 6.05. The van der Waals surface area contributed by atoms with Crippen LogP contribution in [-0.2, 0) is 22.5 Å². The molecule has 1 unspecified atom stereocenters. The van der Waals surface area contributed by atoms with Crippen LogP contribution in [0.3, 0.4) is 0 Å². The van der Waals surface area contributed by atoms with Crippen molar-refractivity contribution in [2.45, 2.75) is 44.5 Å². The van der Waals surface area contributed by atoms with Gasteiger partial charge in [0.1, 0.15) is 30.5 Å². The molecule has 0 aliphatic carbocycles. The first kappa shape index (κ1) is 23.8. The number of halogens is 3. The normalized spacial score (nSPS) is 24.1. The molecule has 2 fully saturated rings. The predicted molar refractivity (Wildman–Crippen MR) is 118 cm³/mol. The van der Waals surface area contributed by atoms with Crippen molar-refractivity contribution in [1.82, 2.24) is 24.9 Å². The number of fused-ring (bicyclic) bond motifs is 1. The van der Waals surface area contributed by atoms with E-state index in [4.69, 9.17) is 15.2 Å². The first-order valence-corrected chi connectivity index (χ1v) is 11.8. The van der Waals surface area contributed by atoms with Crippen LogP contribution in [0.5, 0.6) is 5.88 Å². The molecule has 0 bridgehead atoms. The van der Waals surface area contributed by atoms with Crippen LogP contribution in [0, 0.1) is 5.92 Å². The number of ether oxygens (including phenoxy) is 2. The van der Waals surface area contributed by atoms with Gasteiger partial charge in [0.25, 0.3) is 0 Å². The number of rotatable bonds is 4. The molecule has 5 heterocycles. The van der Waals surface area contributed by atoms with Crippen LogP contribution >= 0.6 is 0 Å². The van der Waals surface area contributed by atoms with Crippen molar-refractivity contribution in [2.24, 2.45) is 16.6 Å². The summed E-state index contributed by atoms with van der Waals surface area (Å²) in [6, 6.07) is 0. The lowest BCUT2D eigenvalue weighted by Crippen LogP contribution is -2.46. The van der Waals surface area contributed by atoms with Crippen molar-refractivity contribution in [1.29, 1.82) is 0 Å². The summed E-state index contributed by atoms with van der Waals surface area (Å²) in [6.07, 6.45) is 0.344. The minimum Gasteiger partial charge on any atom is -0.472 e. The highest BCUT2D eigenvalue weighted by Gasteiger charge is 2.39. The first-order valence-electron chi connectivity index (χ1n) is 11.8. The molecular formula is C22H28F3N7O3. The maximum Gasteiger partial charge on any atom is 0.421 e. The molecule has 190 valence electrons. The zero-order valence-corrected chi connectivity index (χ0v) is 19.2. The van der Waals surface area contributed by atoms with Gasteiger partial charge < -0.3 is 20.1 Å². The monoisotopic (exact) mass is 495 g/mol. The lowest BCUT2D eigenvalue weighted by molar-refractivity contribution is -0.137. The molecule has 13 heteroatoms. The number of hydrogen-bond donors (Lipinski definition) is 1. The van der Waals surface area contributed by atoms with Crippen LogP contribution < -0.4 is 10.5 Å². The molecule has 1 amide bonds.